The fourth-order valence-corrected chi connectivity index (χ4v) is 3.37. The molecule has 2 rings (SSSR count). The lowest BCUT2D eigenvalue weighted by Gasteiger charge is -2.43. The molecule has 1 aliphatic carbocycles. The van der Waals surface area contributed by atoms with Crippen LogP contribution in [0.3, 0.4) is 0 Å². The molecule has 4 heteroatoms. The van der Waals surface area contributed by atoms with Gasteiger partial charge in [-0.3, -0.25) is 4.79 Å². The van der Waals surface area contributed by atoms with Crippen LogP contribution in [-0.2, 0) is 9.53 Å². The summed E-state index contributed by atoms with van der Waals surface area (Å²) in [5, 5.41) is 0. The van der Waals surface area contributed by atoms with Crippen LogP contribution in [0.5, 0.6) is 0 Å². The van der Waals surface area contributed by atoms with Gasteiger partial charge in [0.25, 0.3) is 0 Å². The maximum atomic E-state index is 12.8. The zero-order valence-electron chi connectivity index (χ0n) is 11.7. The number of nitrogens with two attached hydrogens (primary N) is 1. The van der Waals surface area contributed by atoms with Crippen LogP contribution in [0.1, 0.15) is 39.0 Å². The molecule has 0 radical (unpaired) electrons. The SMILES string of the molecule is COCCC1(C(=O)N2CC(CN)CC2C)CCC1. The topological polar surface area (TPSA) is 55.6 Å². The smallest absolute Gasteiger partial charge is 0.229 e. The van der Waals surface area contributed by atoms with Crippen molar-refractivity contribution < 1.29 is 9.53 Å². The largest absolute Gasteiger partial charge is 0.385 e. The molecule has 1 heterocycles. The summed E-state index contributed by atoms with van der Waals surface area (Å²) in [5.41, 5.74) is 5.62. The van der Waals surface area contributed by atoms with Gasteiger partial charge in [0.2, 0.25) is 5.91 Å². The third kappa shape index (κ3) is 2.41. The first-order chi connectivity index (χ1) is 8.63. The van der Waals surface area contributed by atoms with Crippen molar-refractivity contribution in [2.24, 2.45) is 17.1 Å². The van der Waals surface area contributed by atoms with Gasteiger partial charge in [0.15, 0.2) is 0 Å². The number of ether oxygens (including phenoxy) is 1. The maximum Gasteiger partial charge on any atom is 0.229 e. The van der Waals surface area contributed by atoms with Crippen LogP contribution < -0.4 is 5.73 Å². The number of hydrogen-bond donors (Lipinski definition) is 1. The second-order valence-electron chi connectivity index (χ2n) is 6.02. The summed E-state index contributed by atoms with van der Waals surface area (Å²) < 4.78 is 5.16. The van der Waals surface area contributed by atoms with Crippen LogP contribution >= 0.6 is 0 Å². The highest BCUT2D eigenvalue weighted by molar-refractivity contribution is 5.84. The minimum absolute atomic E-state index is 0.117. The van der Waals surface area contributed by atoms with Gasteiger partial charge < -0.3 is 15.4 Å². The quantitative estimate of drug-likeness (QED) is 0.806. The molecular formula is C14H26N2O2. The normalized spacial score (nSPS) is 30.3. The van der Waals surface area contributed by atoms with E-state index in [2.05, 4.69) is 11.8 Å². The molecule has 2 fully saturated rings. The minimum Gasteiger partial charge on any atom is -0.385 e. The fraction of sp³-hybridized carbons (Fsp3) is 0.929. The lowest BCUT2D eigenvalue weighted by atomic mass is 9.65. The summed E-state index contributed by atoms with van der Waals surface area (Å²) in [5.74, 6) is 0.845. The van der Waals surface area contributed by atoms with Gasteiger partial charge in [0, 0.05) is 26.3 Å². The monoisotopic (exact) mass is 254 g/mol. The lowest BCUT2D eigenvalue weighted by molar-refractivity contribution is -0.149. The van der Waals surface area contributed by atoms with Crippen molar-refractivity contribution in [3.05, 3.63) is 0 Å². The van der Waals surface area contributed by atoms with Crippen molar-refractivity contribution in [1.29, 1.82) is 0 Å². The lowest BCUT2D eigenvalue weighted by Crippen LogP contribution is -2.49. The van der Waals surface area contributed by atoms with Crippen LogP contribution in [0.4, 0.5) is 0 Å². The number of amides is 1. The third-order valence-corrected chi connectivity index (χ3v) is 4.80. The average Bonchev–Trinajstić information content (AvgIpc) is 2.69. The van der Waals surface area contributed by atoms with E-state index in [-0.39, 0.29) is 5.41 Å². The van der Waals surface area contributed by atoms with E-state index < -0.39 is 0 Å². The average molecular weight is 254 g/mol. The number of hydrogen-bond acceptors (Lipinski definition) is 3. The van der Waals surface area contributed by atoms with E-state index in [4.69, 9.17) is 10.5 Å². The first kappa shape index (κ1) is 13.8. The van der Waals surface area contributed by atoms with Crippen LogP contribution in [0.2, 0.25) is 0 Å². The molecule has 2 N–H and O–H groups in total. The molecular weight excluding hydrogens is 228 g/mol. The van der Waals surface area contributed by atoms with Crippen molar-refractivity contribution in [3.63, 3.8) is 0 Å². The first-order valence-electron chi connectivity index (χ1n) is 7.13. The minimum atomic E-state index is -0.117. The third-order valence-electron chi connectivity index (χ3n) is 4.80. The number of nitrogens with zero attached hydrogens (tertiary/aromatic N) is 1. The highest BCUT2D eigenvalue weighted by atomic mass is 16.5. The van der Waals surface area contributed by atoms with Crippen molar-refractivity contribution in [2.45, 2.75) is 45.1 Å². The first-order valence-corrected chi connectivity index (χ1v) is 7.13. The van der Waals surface area contributed by atoms with Crippen LogP contribution in [0, 0.1) is 11.3 Å². The van der Waals surface area contributed by atoms with Crippen molar-refractivity contribution in [2.75, 3.05) is 26.8 Å². The summed E-state index contributed by atoms with van der Waals surface area (Å²) in [6.45, 7) is 4.38. The molecule has 1 amide bonds. The summed E-state index contributed by atoms with van der Waals surface area (Å²) in [7, 11) is 1.71. The van der Waals surface area contributed by atoms with Gasteiger partial charge in [-0.1, -0.05) is 6.42 Å². The second-order valence-corrected chi connectivity index (χ2v) is 6.02. The molecule has 0 bridgehead atoms. The Labute approximate surface area is 110 Å². The van der Waals surface area contributed by atoms with Crippen molar-refractivity contribution >= 4 is 5.91 Å². The summed E-state index contributed by atoms with van der Waals surface area (Å²) in [6.07, 6.45) is 5.18. The fourth-order valence-electron chi connectivity index (χ4n) is 3.37. The van der Waals surface area contributed by atoms with Crippen LogP contribution in [0.25, 0.3) is 0 Å². The van der Waals surface area contributed by atoms with Gasteiger partial charge in [0.1, 0.15) is 0 Å². The Hall–Kier alpha value is -0.610. The van der Waals surface area contributed by atoms with Gasteiger partial charge in [-0.05, 0) is 45.1 Å². The summed E-state index contributed by atoms with van der Waals surface area (Å²) in [4.78, 5) is 14.8. The summed E-state index contributed by atoms with van der Waals surface area (Å²) in [6, 6.07) is 0.353. The Bertz CT molecular complexity index is 302. The number of rotatable bonds is 5. The van der Waals surface area contributed by atoms with Crippen molar-refractivity contribution in [1.82, 2.24) is 4.90 Å². The molecule has 0 aromatic carbocycles. The molecule has 2 atom stereocenters. The molecule has 104 valence electrons. The van der Waals surface area contributed by atoms with E-state index in [9.17, 15) is 4.79 Å². The zero-order chi connectivity index (χ0) is 13.2. The molecule has 18 heavy (non-hydrogen) atoms. The van der Waals surface area contributed by atoms with Crippen LogP contribution in [-0.4, -0.2) is 43.7 Å². The molecule has 0 aromatic rings. The zero-order valence-corrected chi connectivity index (χ0v) is 11.7. The Morgan fingerprint density at radius 1 is 1.50 bits per heavy atom. The Balaban J connectivity index is 2.01. The van der Waals surface area contributed by atoms with E-state index in [0.717, 1.165) is 32.2 Å². The molecule has 2 unspecified atom stereocenters. The molecule has 4 nitrogen and oxygen atoms in total. The molecule has 0 spiro atoms. The van der Waals surface area contributed by atoms with E-state index in [1.54, 1.807) is 7.11 Å². The maximum absolute atomic E-state index is 12.8. The molecule has 2 aliphatic rings. The predicted octanol–water partition coefficient (Wildman–Crippen LogP) is 1.39. The molecule has 0 aromatic heterocycles. The number of likely N-dealkylation sites (tertiary alicyclic amines) is 1. The van der Waals surface area contributed by atoms with E-state index in [1.165, 1.54) is 6.42 Å². The summed E-state index contributed by atoms with van der Waals surface area (Å²) >= 11 is 0. The predicted molar refractivity (Wildman–Crippen MR) is 71.1 cm³/mol. The highest BCUT2D eigenvalue weighted by Gasteiger charge is 2.48. The highest BCUT2D eigenvalue weighted by Crippen LogP contribution is 2.46. The van der Waals surface area contributed by atoms with Gasteiger partial charge in [0.05, 0.1) is 5.41 Å². The van der Waals surface area contributed by atoms with Gasteiger partial charge in [-0.2, -0.15) is 0 Å². The second kappa shape index (κ2) is 5.57. The van der Waals surface area contributed by atoms with Crippen molar-refractivity contribution in [3.8, 4) is 0 Å². The van der Waals surface area contributed by atoms with Crippen LogP contribution in [0.15, 0.2) is 0 Å². The number of methoxy groups -OCH3 is 1. The Morgan fingerprint density at radius 2 is 2.22 bits per heavy atom. The standard InChI is InChI=1S/C14H26N2O2/c1-11-8-12(9-15)10-16(11)13(17)14(4-3-5-14)6-7-18-2/h11-12H,3-10,15H2,1-2H3. The number of carbonyl (C=O) groups excluding carboxylic acids is 1. The number of carbonyl (C=O) groups is 1. The molecule has 1 saturated heterocycles. The van der Waals surface area contributed by atoms with E-state index >= 15 is 0 Å². The molecule has 1 aliphatic heterocycles. The van der Waals surface area contributed by atoms with Gasteiger partial charge >= 0.3 is 0 Å². The molecule has 1 saturated carbocycles. The van der Waals surface area contributed by atoms with E-state index in [1.807, 2.05) is 0 Å². The Morgan fingerprint density at radius 3 is 2.67 bits per heavy atom. The van der Waals surface area contributed by atoms with Gasteiger partial charge in [-0.25, -0.2) is 0 Å². The Kier molecular flexibility index (Phi) is 4.28. The van der Waals surface area contributed by atoms with Gasteiger partial charge in [-0.15, -0.1) is 0 Å². The van der Waals surface area contributed by atoms with E-state index in [0.29, 0.717) is 31.0 Å².